The normalized spacial score (nSPS) is 20.0. The standard InChI is InChI=1S/C20H29NO4S/c22-18-11-13-19(14-12-18)26(24,25)15-20(23)21(16-7-3-1-4-8-16)17-9-5-2-6-10-17/h11-14,16-17,22H,1-10,15H2. The minimum Gasteiger partial charge on any atom is -0.508 e. The van der Waals surface area contributed by atoms with Crippen LogP contribution >= 0.6 is 0 Å². The highest BCUT2D eigenvalue weighted by atomic mass is 32.2. The van der Waals surface area contributed by atoms with E-state index in [0.29, 0.717) is 0 Å². The third-order valence-electron chi connectivity index (χ3n) is 5.73. The van der Waals surface area contributed by atoms with E-state index in [-0.39, 0.29) is 28.6 Å². The quantitative estimate of drug-likeness (QED) is 0.847. The maximum Gasteiger partial charge on any atom is 0.238 e. The lowest BCUT2D eigenvalue weighted by Crippen LogP contribution is -2.50. The molecule has 1 amide bonds. The first-order valence-electron chi connectivity index (χ1n) is 9.80. The van der Waals surface area contributed by atoms with Crippen LogP contribution in [0.2, 0.25) is 0 Å². The number of amides is 1. The summed E-state index contributed by atoms with van der Waals surface area (Å²) in [5, 5.41) is 9.36. The zero-order chi connectivity index (χ0) is 18.6. The molecular weight excluding hydrogens is 350 g/mol. The fourth-order valence-corrected chi connectivity index (χ4v) is 5.59. The topological polar surface area (TPSA) is 74.7 Å². The van der Waals surface area contributed by atoms with Crippen molar-refractivity contribution in [1.29, 1.82) is 0 Å². The molecule has 2 fully saturated rings. The number of sulfone groups is 1. The average Bonchev–Trinajstić information content (AvgIpc) is 2.63. The van der Waals surface area contributed by atoms with Gasteiger partial charge in [0.15, 0.2) is 9.84 Å². The van der Waals surface area contributed by atoms with Crippen molar-refractivity contribution < 1.29 is 18.3 Å². The molecule has 0 heterocycles. The monoisotopic (exact) mass is 379 g/mol. The predicted octanol–water partition coefficient (Wildman–Crippen LogP) is 3.66. The molecule has 6 heteroatoms. The van der Waals surface area contributed by atoms with E-state index in [9.17, 15) is 18.3 Å². The van der Waals surface area contributed by atoms with Gasteiger partial charge in [-0.15, -0.1) is 0 Å². The van der Waals surface area contributed by atoms with E-state index in [2.05, 4.69) is 0 Å². The molecule has 0 spiro atoms. The Morgan fingerprint density at radius 2 is 1.35 bits per heavy atom. The molecule has 0 aliphatic heterocycles. The summed E-state index contributed by atoms with van der Waals surface area (Å²) in [5.41, 5.74) is 0. The highest BCUT2D eigenvalue weighted by Crippen LogP contribution is 2.31. The Morgan fingerprint density at radius 3 is 1.81 bits per heavy atom. The number of carbonyl (C=O) groups excluding carboxylic acids is 1. The summed E-state index contributed by atoms with van der Waals surface area (Å²) in [6.45, 7) is 0. The van der Waals surface area contributed by atoms with Crippen LogP contribution in [0.4, 0.5) is 0 Å². The van der Waals surface area contributed by atoms with Crippen molar-refractivity contribution >= 4 is 15.7 Å². The molecule has 0 bridgehead atoms. The summed E-state index contributed by atoms with van der Waals surface area (Å²) >= 11 is 0. The second-order valence-electron chi connectivity index (χ2n) is 7.64. The van der Waals surface area contributed by atoms with Crippen molar-refractivity contribution in [2.75, 3.05) is 5.75 Å². The zero-order valence-electron chi connectivity index (χ0n) is 15.3. The van der Waals surface area contributed by atoms with Crippen molar-refractivity contribution in [2.45, 2.75) is 81.2 Å². The van der Waals surface area contributed by atoms with Gasteiger partial charge in [0.1, 0.15) is 11.5 Å². The fourth-order valence-electron chi connectivity index (χ4n) is 4.40. The molecule has 0 aromatic heterocycles. The molecule has 0 radical (unpaired) electrons. The van der Waals surface area contributed by atoms with E-state index in [1.165, 1.54) is 37.1 Å². The van der Waals surface area contributed by atoms with Crippen LogP contribution in [0.25, 0.3) is 0 Å². The lowest BCUT2D eigenvalue weighted by Gasteiger charge is -2.41. The summed E-state index contributed by atoms with van der Waals surface area (Å²) in [7, 11) is -3.70. The van der Waals surface area contributed by atoms with E-state index in [4.69, 9.17) is 0 Å². The minimum atomic E-state index is -3.70. The van der Waals surface area contributed by atoms with Gasteiger partial charge in [-0.25, -0.2) is 8.42 Å². The number of aromatic hydroxyl groups is 1. The first kappa shape index (κ1) is 19.2. The highest BCUT2D eigenvalue weighted by Gasteiger charge is 2.34. The minimum absolute atomic E-state index is 0.0151. The van der Waals surface area contributed by atoms with Gasteiger partial charge in [0, 0.05) is 12.1 Å². The third-order valence-corrected chi connectivity index (χ3v) is 7.35. The molecule has 144 valence electrons. The van der Waals surface area contributed by atoms with Crippen LogP contribution in [-0.2, 0) is 14.6 Å². The molecule has 1 N–H and O–H groups in total. The van der Waals surface area contributed by atoms with Gasteiger partial charge in [-0.1, -0.05) is 38.5 Å². The van der Waals surface area contributed by atoms with Crippen LogP contribution in [0, 0.1) is 0 Å². The molecule has 2 aliphatic rings. The number of hydrogen-bond acceptors (Lipinski definition) is 4. The number of phenolic OH excluding ortho intramolecular Hbond substituents is 1. The summed E-state index contributed by atoms with van der Waals surface area (Å²) < 4.78 is 25.4. The Balaban J connectivity index is 1.78. The Labute approximate surface area is 156 Å². The maximum absolute atomic E-state index is 13.1. The molecule has 0 atom stereocenters. The smallest absolute Gasteiger partial charge is 0.238 e. The van der Waals surface area contributed by atoms with Crippen molar-refractivity contribution in [2.24, 2.45) is 0 Å². The molecule has 1 aromatic carbocycles. The highest BCUT2D eigenvalue weighted by molar-refractivity contribution is 7.92. The molecule has 2 aliphatic carbocycles. The summed E-state index contributed by atoms with van der Waals surface area (Å²) in [4.78, 5) is 15.1. The van der Waals surface area contributed by atoms with E-state index in [0.717, 1.165) is 51.4 Å². The SMILES string of the molecule is O=C(CS(=O)(=O)c1ccc(O)cc1)N(C1CCCCC1)C1CCCCC1. The number of rotatable bonds is 5. The lowest BCUT2D eigenvalue weighted by atomic mass is 9.88. The van der Waals surface area contributed by atoms with E-state index < -0.39 is 15.6 Å². The molecule has 1 aromatic rings. The Morgan fingerprint density at radius 1 is 0.885 bits per heavy atom. The second-order valence-corrected chi connectivity index (χ2v) is 9.63. The molecule has 3 rings (SSSR count). The van der Waals surface area contributed by atoms with E-state index >= 15 is 0 Å². The molecule has 26 heavy (non-hydrogen) atoms. The number of nitrogens with zero attached hydrogens (tertiary/aromatic N) is 1. The van der Waals surface area contributed by atoms with Crippen molar-refractivity contribution in [3.05, 3.63) is 24.3 Å². The van der Waals surface area contributed by atoms with Gasteiger partial charge in [-0.3, -0.25) is 4.79 Å². The maximum atomic E-state index is 13.1. The van der Waals surface area contributed by atoms with Crippen LogP contribution in [-0.4, -0.2) is 42.2 Å². The Hall–Kier alpha value is -1.56. The van der Waals surface area contributed by atoms with Gasteiger partial charge in [0.25, 0.3) is 0 Å². The first-order valence-corrected chi connectivity index (χ1v) is 11.5. The van der Waals surface area contributed by atoms with Crippen LogP contribution in [0.5, 0.6) is 5.75 Å². The predicted molar refractivity (Wildman–Crippen MR) is 101 cm³/mol. The van der Waals surface area contributed by atoms with Crippen molar-refractivity contribution in [3.63, 3.8) is 0 Å². The van der Waals surface area contributed by atoms with Gasteiger partial charge in [-0.05, 0) is 49.9 Å². The van der Waals surface area contributed by atoms with Crippen LogP contribution in [0.15, 0.2) is 29.2 Å². The lowest BCUT2D eigenvalue weighted by molar-refractivity contribution is -0.135. The second kappa shape index (κ2) is 8.42. The number of carbonyl (C=O) groups is 1. The molecule has 0 saturated heterocycles. The molecule has 5 nitrogen and oxygen atoms in total. The van der Waals surface area contributed by atoms with Gasteiger partial charge < -0.3 is 10.0 Å². The number of benzene rings is 1. The first-order chi connectivity index (χ1) is 12.5. The van der Waals surface area contributed by atoms with Gasteiger partial charge in [0.05, 0.1) is 4.90 Å². The molecule has 2 saturated carbocycles. The summed E-state index contributed by atoms with van der Waals surface area (Å²) in [5.74, 6) is -0.719. The summed E-state index contributed by atoms with van der Waals surface area (Å²) in [6, 6.07) is 5.80. The van der Waals surface area contributed by atoms with Crippen LogP contribution < -0.4 is 0 Å². The third kappa shape index (κ3) is 4.58. The van der Waals surface area contributed by atoms with E-state index in [1.54, 1.807) is 0 Å². The molecular formula is C20H29NO4S. The summed E-state index contributed by atoms with van der Waals surface area (Å²) in [6.07, 6.45) is 10.8. The van der Waals surface area contributed by atoms with Crippen LogP contribution in [0.1, 0.15) is 64.2 Å². The van der Waals surface area contributed by atoms with Gasteiger partial charge in [-0.2, -0.15) is 0 Å². The molecule has 0 unspecified atom stereocenters. The number of phenols is 1. The Bertz CT molecular complexity index is 684. The van der Waals surface area contributed by atoms with Gasteiger partial charge >= 0.3 is 0 Å². The fraction of sp³-hybridized carbons (Fsp3) is 0.650. The zero-order valence-corrected chi connectivity index (χ0v) is 16.1. The Kier molecular flexibility index (Phi) is 6.22. The largest absolute Gasteiger partial charge is 0.508 e. The van der Waals surface area contributed by atoms with Gasteiger partial charge in [0.2, 0.25) is 5.91 Å². The van der Waals surface area contributed by atoms with Crippen molar-refractivity contribution in [3.8, 4) is 5.75 Å². The van der Waals surface area contributed by atoms with Crippen molar-refractivity contribution in [1.82, 2.24) is 4.90 Å². The number of hydrogen-bond donors (Lipinski definition) is 1. The van der Waals surface area contributed by atoms with E-state index in [1.807, 2.05) is 4.90 Å². The van der Waals surface area contributed by atoms with Crippen LogP contribution in [0.3, 0.4) is 0 Å². The average molecular weight is 380 g/mol.